The summed E-state index contributed by atoms with van der Waals surface area (Å²) in [6.07, 6.45) is 1.97. The fraction of sp³-hybridized carbons (Fsp3) is 0.579. The molecule has 5 nitrogen and oxygen atoms in total. The number of carbonyl (C=O) groups is 2. The quantitative estimate of drug-likeness (QED) is 0.871. The normalized spacial score (nSPS) is 21.0. The second kappa shape index (κ2) is 8.18. The number of rotatable bonds is 6. The molecule has 0 aromatic heterocycles. The van der Waals surface area contributed by atoms with Gasteiger partial charge in [-0.05, 0) is 36.5 Å². The van der Waals surface area contributed by atoms with Gasteiger partial charge in [0.15, 0.2) is 0 Å². The molecule has 1 aliphatic heterocycles. The predicted molar refractivity (Wildman–Crippen MR) is 93.7 cm³/mol. The van der Waals surface area contributed by atoms with Crippen LogP contribution in [-0.2, 0) is 9.59 Å². The monoisotopic (exact) mass is 332 g/mol. The number of methoxy groups -OCH3 is 1. The van der Waals surface area contributed by atoms with Crippen molar-refractivity contribution < 1.29 is 14.3 Å². The molecule has 5 heteroatoms. The van der Waals surface area contributed by atoms with Crippen LogP contribution in [0.2, 0.25) is 0 Å². The van der Waals surface area contributed by atoms with E-state index in [2.05, 4.69) is 19.2 Å². The molecule has 1 aliphatic rings. The number of nitrogens with zero attached hydrogens (tertiary/aromatic N) is 1. The van der Waals surface area contributed by atoms with Crippen molar-refractivity contribution in [3.63, 3.8) is 0 Å². The molecule has 0 saturated carbocycles. The first-order valence-electron chi connectivity index (χ1n) is 8.61. The average Bonchev–Trinajstić information content (AvgIpc) is 2.57. The topological polar surface area (TPSA) is 58.6 Å². The van der Waals surface area contributed by atoms with Crippen molar-refractivity contribution in [3.05, 3.63) is 29.8 Å². The molecular formula is C19H28N2O3. The first-order chi connectivity index (χ1) is 11.4. The van der Waals surface area contributed by atoms with Crippen molar-refractivity contribution in [1.82, 2.24) is 10.2 Å². The Morgan fingerprint density at radius 3 is 2.58 bits per heavy atom. The molecule has 0 bridgehead atoms. The fourth-order valence-electron chi connectivity index (χ4n) is 3.18. The molecule has 2 amide bonds. The molecule has 0 aliphatic carbocycles. The van der Waals surface area contributed by atoms with E-state index in [-0.39, 0.29) is 23.8 Å². The van der Waals surface area contributed by atoms with Crippen LogP contribution in [0.4, 0.5) is 0 Å². The molecule has 1 saturated heterocycles. The number of ether oxygens (including phenoxy) is 1. The van der Waals surface area contributed by atoms with Crippen molar-refractivity contribution in [1.29, 1.82) is 0 Å². The smallest absolute Gasteiger partial charge is 0.225 e. The number of benzene rings is 1. The van der Waals surface area contributed by atoms with Crippen molar-refractivity contribution in [2.45, 2.75) is 39.2 Å². The average molecular weight is 332 g/mol. The molecule has 0 unspecified atom stereocenters. The number of hydrogen-bond acceptors (Lipinski definition) is 3. The van der Waals surface area contributed by atoms with Crippen LogP contribution in [0.5, 0.6) is 5.75 Å². The van der Waals surface area contributed by atoms with Gasteiger partial charge in [-0.3, -0.25) is 9.59 Å². The van der Waals surface area contributed by atoms with Crippen molar-refractivity contribution >= 4 is 11.8 Å². The summed E-state index contributed by atoms with van der Waals surface area (Å²) in [6, 6.07) is 7.39. The molecule has 132 valence electrons. The minimum absolute atomic E-state index is 0.0378. The van der Waals surface area contributed by atoms with E-state index in [0.29, 0.717) is 25.3 Å². The standard InChI is InChI=1S/C19H28N2O3/c1-13(2)11-12-20-19(23)16-9-10-17(22)21(3)18(16)14-5-7-15(24-4)8-6-14/h5-8,13,16,18H,9-12H2,1-4H3,(H,20,23)/t16-,18+/m1/s1. The van der Waals surface area contributed by atoms with Crippen LogP contribution in [-0.4, -0.2) is 37.4 Å². The van der Waals surface area contributed by atoms with Crippen LogP contribution >= 0.6 is 0 Å². The number of likely N-dealkylation sites (tertiary alicyclic amines) is 1. The van der Waals surface area contributed by atoms with Crippen molar-refractivity contribution in [3.8, 4) is 5.75 Å². The minimum atomic E-state index is -0.226. The summed E-state index contributed by atoms with van der Waals surface area (Å²) in [6.45, 7) is 4.96. The van der Waals surface area contributed by atoms with Gasteiger partial charge in [0.05, 0.1) is 19.1 Å². The molecule has 1 aromatic rings. The van der Waals surface area contributed by atoms with E-state index >= 15 is 0 Å². The molecule has 1 aromatic carbocycles. The van der Waals surface area contributed by atoms with Gasteiger partial charge in [0.1, 0.15) is 5.75 Å². The van der Waals surface area contributed by atoms with Gasteiger partial charge in [0, 0.05) is 20.0 Å². The lowest BCUT2D eigenvalue weighted by atomic mass is 9.84. The van der Waals surface area contributed by atoms with E-state index < -0.39 is 0 Å². The Hall–Kier alpha value is -2.04. The van der Waals surface area contributed by atoms with Gasteiger partial charge in [0.25, 0.3) is 0 Å². The van der Waals surface area contributed by atoms with Crippen LogP contribution in [0.15, 0.2) is 24.3 Å². The van der Waals surface area contributed by atoms with Gasteiger partial charge in [-0.25, -0.2) is 0 Å². The number of piperidine rings is 1. The number of carbonyl (C=O) groups excluding carboxylic acids is 2. The molecular weight excluding hydrogens is 304 g/mol. The zero-order valence-electron chi connectivity index (χ0n) is 15.0. The summed E-state index contributed by atoms with van der Waals surface area (Å²) in [5.41, 5.74) is 0.968. The van der Waals surface area contributed by atoms with Crippen molar-refractivity contribution in [2.24, 2.45) is 11.8 Å². The highest BCUT2D eigenvalue weighted by Gasteiger charge is 2.38. The maximum absolute atomic E-state index is 12.7. The van der Waals surface area contributed by atoms with Gasteiger partial charge in [0.2, 0.25) is 11.8 Å². The van der Waals surface area contributed by atoms with E-state index in [1.165, 1.54) is 0 Å². The summed E-state index contributed by atoms with van der Waals surface area (Å²) in [7, 11) is 3.40. The first kappa shape index (κ1) is 18.3. The molecule has 1 heterocycles. The lowest BCUT2D eigenvalue weighted by Gasteiger charge is -2.38. The summed E-state index contributed by atoms with van der Waals surface area (Å²) >= 11 is 0. The zero-order chi connectivity index (χ0) is 17.7. The second-order valence-corrected chi connectivity index (χ2v) is 6.84. The SMILES string of the molecule is COc1ccc([C@H]2[C@H](C(=O)NCCC(C)C)CCC(=O)N2C)cc1. The Bertz CT molecular complexity index is 568. The Kier molecular flexibility index (Phi) is 6.23. The Labute approximate surface area is 144 Å². The second-order valence-electron chi connectivity index (χ2n) is 6.84. The Morgan fingerprint density at radius 1 is 1.33 bits per heavy atom. The Balaban J connectivity index is 2.17. The summed E-state index contributed by atoms with van der Waals surface area (Å²) < 4.78 is 5.19. The lowest BCUT2D eigenvalue weighted by molar-refractivity contribution is -0.141. The maximum Gasteiger partial charge on any atom is 0.225 e. The molecule has 24 heavy (non-hydrogen) atoms. The van der Waals surface area contributed by atoms with Gasteiger partial charge >= 0.3 is 0 Å². The number of hydrogen-bond donors (Lipinski definition) is 1. The highest BCUT2D eigenvalue weighted by molar-refractivity contribution is 5.84. The van der Waals surface area contributed by atoms with Crippen LogP contribution in [0, 0.1) is 11.8 Å². The maximum atomic E-state index is 12.7. The van der Waals surface area contributed by atoms with E-state index in [9.17, 15) is 9.59 Å². The minimum Gasteiger partial charge on any atom is -0.497 e. The number of amides is 2. The van der Waals surface area contributed by atoms with Gasteiger partial charge in [-0.15, -0.1) is 0 Å². The van der Waals surface area contributed by atoms with Gasteiger partial charge < -0.3 is 15.0 Å². The summed E-state index contributed by atoms with van der Waals surface area (Å²) in [5.74, 6) is 1.23. The van der Waals surface area contributed by atoms with Crippen LogP contribution in [0.1, 0.15) is 44.7 Å². The van der Waals surface area contributed by atoms with Crippen LogP contribution < -0.4 is 10.1 Å². The molecule has 0 radical (unpaired) electrons. The summed E-state index contributed by atoms with van der Waals surface area (Å²) in [4.78, 5) is 26.5. The summed E-state index contributed by atoms with van der Waals surface area (Å²) in [5, 5.41) is 3.04. The highest BCUT2D eigenvalue weighted by Crippen LogP contribution is 2.36. The molecule has 2 rings (SSSR count). The third kappa shape index (κ3) is 4.28. The van der Waals surface area contributed by atoms with Crippen LogP contribution in [0.3, 0.4) is 0 Å². The van der Waals surface area contributed by atoms with Gasteiger partial charge in [-0.1, -0.05) is 26.0 Å². The van der Waals surface area contributed by atoms with E-state index in [4.69, 9.17) is 4.74 Å². The largest absolute Gasteiger partial charge is 0.497 e. The predicted octanol–water partition coefficient (Wildman–Crippen LogP) is 2.77. The van der Waals surface area contributed by atoms with E-state index in [1.807, 2.05) is 24.3 Å². The van der Waals surface area contributed by atoms with E-state index in [1.54, 1.807) is 19.1 Å². The third-order valence-corrected chi connectivity index (χ3v) is 4.68. The van der Waals surface area contributed by atoms with Crippen LogP contribution in [0.25, 0.3) is 0 Å². The van der Waals surface area contributed by atoms with Gasteiger partial charge in [-0.2, -0.15) is 0 Å². The molecule has 1 N–H and O–H groups in total. The Morgan fingerprint density at radius 2 is 2.00 bits per heavy atom. The first-order valence-corrected chi connectivity index (χ1v) is 8.61. The third-order valence-electron chi connectivity index (χ3n) is 4.68. The molecule has 2 atom stereocenters. The lowest BCUT2D eigenvalue weighted by Crippen LogP contribution is -2.46. The van der Waals surface area contributed by atoms with E-state index in [0.717, 1.165) is 17.7 Å². The zero-order valence-corrected chi connectivity index (χ0v) is 15.0. The molecule has 0 spiro atoms. The van der Waals surface area contributed by atoms with Crippen molar-refractivity contribution in [2.75, 3.05) is 20.7 Å². The fourth-order valence-corrected chi connectivity index (χ4v) is 3.18. The number of nitrogens with one attached hydrogen (secondary N) is 1. The highest BCUT2D eigenvalue weighted by atomic mass is 16.5. The molecule has 1 fully saturated rings.